The first-order chi connectivity index (χ1) is 19.1. The van der Waals surface area contributed by atoms with Gasteiger partial charge in [0.25, 0.3) is 0 Å². The Morgan fingerprint density at radius 2 is 1.69 bits per heavy atom. The lowest BCUT2D eigenvalue weighted by atomic mass is 9.80. The van der Waals surface area contributed by atoms with Crippen molar-refractivity contribution in [3.05, 3.63) is 70.7 Å². The van der Waals surface area contributed by atoms with Gasteiger partial charge in [0.1, 0.15) is 5.84 Å². The Hall–Kier alpha value is -3.10. The molecule has 3 heterocycles. The molecule has 2 aromatic carbocycles. The third kappa shape index (κ3) is 5.50. The second-order valence-electron chi connectivity index (χ2n) is 11.1. The van der Waals surface area contributed by atoms with E-state index < -0.39 is 0 Å². The fraction of sp³-hybridized carbons (Fsp3) is 0.500. The van der Waals surface area contributed by atoms with E-state index >= 15 is 0 Å². The number of rotatable bonds is 7. The number of hydrogen-bond acceptors (Lipinski definition) is 6. The predicted octanol–water partition coefficient (Wildman–Crippen LogP) is 3.87. The average molecular weight is 549 g/mol. The van der Waals surface area contributed by atoms with Gasteiger partial charge in [0.05, 0.1) is 12.5 Å². The molecule has 1 aliphatic carbocycles. The molecule has 0 bridgehead atoms. The molecule has 0 radical (unpaired) electrons. The highest BCUT2D eigenvalue weighted by Crippen LogP contribution is 2.38. The lowest BCUT2D eigenvalue weighted by Gasteiger charge is -2.50. The maximum atomic E-state index is 13.6. The van der Waals surface area contributed by atoms with Crippen molar-refractivity contribution in [1.82, 2.24) is 25.0 Å². The number of fused-ring (bicyclic) bond motifs is 3. The minimum Gasteiger partial charge on any atom is -0.340 e. The average Bonchev–Trinajstić information content (AvgIpc) is 3.40. The third-order valence-corrected chi connectivity index (χ3v) is 9.06. The first kappa shape index (κ1) is 26.1. The second kappa shape index (κ2) is 11.6. The molecule has 1 saturated carbocycles. The highest BCUT2D eigenvalue weighted by molar-refractivity contribution is 6.31. The van der Waals surface area contributed by atoms with E-state index in [0.717, 1.165) is 69.8 Å². The van der Waals surface area contributed by atoms with Crippen LogP contribution >= 0.6 is 11.6 Å². The summed E-state index contributed by atoms with van der Waals surface area (Å²) in [5.41, 5.74) is 5.48. The number of hydrogen-bond donors (Lipinski definition) is 1. The zero-order chi connectivity index (χ0) is 26.8. The fourth-order valence-electron chi connectivity index (χ4n) is 6.59. The van der Waals surface area contributed by atoms with Crippen LogP contribution in [-0.2, 0) is 22.7 Å². The maximum Gasteiger partial charge on any atom is 0.231 e. The minimum absolute atomic E-state index is 0.0454. The van der Waals surface area contributed by atoms with Gasteiger partial charge in [-0.2, -0.15) is 5.10 Å². The van der Waals surface area contributed by atoms with Crippen LogP contribution in [0.1, 0.15) is 49.7 Å². The molecule has 2 aromatic rings. The molecule has 3 aliphatic heterocycles. The predicted molar refractivity (Wildman–Crippen MR) is 151 cm³/mol. The molecule has 3 fully saturated rings. The van der Waals surface area contributed by atoms with E-state index in [-0.39, 0.29) is 30.1 Å². The number of nitrogens with zero attached hydrogens (tertiary/aromatic N) is 5. The molecule has 1 N–H and O–H groups in total. The standard InChI is InChI=1S/C30H37ClN6O2/c31-25-12-6-4-10-23(25)21-36-29(39)24-11-5-7-13-26(24)37-27(32-33-30(36)37)14-15-28(38)35-18-16-34(17-19-35)20-22-8-2-1-3-9-22/h1-4,6,8-10,12,24,26,30,33H,5,7,11,13-21H2. The molecule has 2 saturated heterocycles. The molecular formula is C30H37ClN6O2. The van der Waals surface area contributed by atoms with Crippen LogP contribution in [0.25, 0.3) is 0 Å². The smallest absolute Gasteiger partial charge is 0.231 e. The fourth-order valence-corrected chi connectivity index (χ4v) is 6.78. The number of amides is 2. The molecule has 2 amide bonds. The molecule has 4 aliphatic rings. The minimum atomic E-state index is -0.334. The van der Waals surface area contributed by atoms with Crippen LogP contribution in [0.2, 0.25) is 5.02 Å². The van der Waals surface area contributed by atoms with Crippen LogP contribution < -0.4 is 5.43 Å². The van der Waals surface area contributed by atoms with Crippen molar-refractivity contribution in [2.24, 2.45) is 11.0 Å². The molecule has 3 unspecified atom stereocenters. The summed E-state index contributed by atoms with van der Waals surface area (Å²) >= 11 is 6.46. The SMILES string of the molecule is O=C(CCC1=NNC2N(Cc3ccccc3Cl)C(=O)C3CCCCC3N12)N1CCN(Cc2ccccc2)CC1. The van der Waals surface area contributed by atoms with Crippen molar-refractivity contribution in [2.45, 2.75) is 63.9 Å². The number of amidine groups is 1. The van der Waals surface area contributed by atoms with Gasteiger partial charge < -0.3 is 9.80 Å². The van der Waals surface area contributed by atoms with Gasteiger partial charge in [-0.25, -0.2) is 0 Å². The zero-order valence-corrected chi connectivity index (χ0v) is 23.1. The molecule has 39 heavy (non-hydrogen) atoms. The van der Waals surface area contributed by atoms with Gasteiger partial charge in [-0.1, -0.05) is 73.0 Å². The molecule has 206 valence electrons. The normalized spacial score (nSPS) is 25.2. The molecule has 9 heteroatoms. The van der Waals surface area contributed by atoms with Crippen LogP contribution in [0.5, 0.6) is 0 Å². The van der Waals surface area contributed by atoms with Crippen molar-refractivity contribution in [2.75, 3.05) is 26.2 Å². The number of carbonyl (C=O) groups excluding carboxylic acids is 2. The van der Waals surface area contributed by atoms with E-state index in [1.54, 1.807) is 0 Å². The second-order valence-corrected chi connectivity index (χ2v) is 11.5. The van der Waals surface area contributed by atoms with Crippen LogP contribution in [-0.4, -0.2) is 75.8 Å². The monoisotopic (exact) mass is 548 g/mol. The Balaban J connectivity index is 1.08. The Bertz CT molecular complexity index is 1210. The van der Waals surface area contributed by atoms with Crippen molar-refractivity contribution >= 4 is 29.3 Å². The molecule has 3 atom stereocenters. The number of halogens is 1. The summed E-state index contributed by atoms with van der Waals surface area (Å²) in [4.78, 5) is 35.4. The van der Waals surface area contributed by atoms with Crippen molar-refractivity contribution in [3.8, 4) is 0 Å². The molecule has 8 nitrogen and oxygen atoms in total. The van der Waals surface area contributed by atoms with Crippen molar-refractivity contribution in [3.63, 3.8) is 0 Å². The van der Waals surface area contributed by atoms with Crippen LogP contribution in [0, 0.1) is 5.92 Å². The summed E-state index contributed by atoms with van der Waals surface area (Å²) in [7, 11) is 0. The Morgan fingerprint density at radius 3 is 2.49 bits per heavy atom. The topological polar surface area (TPSA) is 71.5 Å². The lowest BCUT2D eigenvalue weighted by Crippen LogP contribution is -2.67. The molecule has 0 spiro atoms. The van der Waals surface area contributed by atoms with Crippen molar-refractivity contribution < 1.29 is 9.59 Å². The van der Waals surface area contributed by atoms with E-state index in [2.05, 4.69) is 44.6 Å². The molecule has 0 aromatic heterocycles. The Labute approximate surface area is 235 Å². The maximum absolute atomic E-state index is 13.6. The van der Waals surface area contributed by atoms with Crippen LogP contribution in [0.3, 0.4) is 0 Å². The third-order valence-electron chi connectivity index (χ3n) is 8.69. The summed E-state index contributed by atoms with van der Waals surface area (Å²) in [5.74, 6) is 1.21. The highest BCUT2D eigenvalue weighted by atomic mass is 35.5. The van der Waals surface area contributed by atoms with Crippen molar-refractivity contribution in [1.29, 1.82) is 0 Å². The number of carbonyl (C=O) groups is 2. The van der Waals surface area contributed by atoms with Gasteiger partial charge in [-0.15, -0.1) is 0 Å². The number of benzene rings is 2. The largest absolute Gasteiger partial charge is 0.340 e. The zero-order valence-electron chi connectivity index (χ0n) is 22.3. The van der Waals surface area contributed by atoms with Gasteiger partial charge in [0.15, 0.2) is 6.29 Å². The van der Waals surface area contributed by atoms with E-state index in [0.29, 0.717) is 24.4 Å². The van der Waals surface area contributed by atoms with Crippen LogP contribution in [0.4, 0.5) is 0 Å². The summed E-state index contributed by atoms with van der Waals surface area (Å²) in [6, 6.07) is 18.3. The van der Waals surface area contributed by atoms with Gasteiger partial charge in [0.2, 0.25) is 11.8 Å². The van der Waals surface area contributed by atoms with Gasteiger partial charge in [0, 0.05) is 56.6 Å². The van der Waals surface area contributed by atoms with E-state index in [1.165, 1.54) is 5.56 Å². The van der Waals surface area contributed by atoms with E-state index in [4.69, 9.17) is 11.6 Å². The number of piperazine rings is 1. The van der Waals surface area contributed by atoms with Crippen LogP contribution in [0.15, 0.2) is 59.7 Å². The summed E-state index contributed by atoms with van der Waals surface area (Å²) in [6.07, 6.45) is 4.72. The highest BCUT2D eigenvalue weighted by Gasteiger charge is 2.50. The van der Waals surface area contributed by atoms with Gasteiger partial charge in [-0.05, 0) is 30.0 Å². The Kier molecular flexibility index (Phi) is 7.75. The van der Waals surface area contributed by atoms with Gasteiger partial charge in [-0.3, -0.25) is 24.8 Å². The molecule has 6 rings (SSSR count). The summed E-state index contributed by atoms with van der Waals surface area (Å²) in [6.45, 7) is 4.65. The molecular weight excluding hydrogens is 512 g/mol. The number of nitrogens with one attached hydrogen (secondary N) is 1. The summed E-state index contributed by atoms with van der Waals surface area (Å²) < 4.78 is 0. The number of hydrazone groups is 1. The first-order valence-corrected chi connectivity index (χ1v) is 14.6. The van der Waals surface area contributed by atoms with Gasteiger partial charge >= 0.3 is 0 Å². The van der Waals surface area contributed by atoms with E-state index in [1.807, 2.05) is 40.1 Å². The summed E-state index contributed by atoms with van der Waals surface area (Å²) in [5, 5.41) is 5.35. The quantitative estimate of drug-likeness (QED) is 0.569. The lowest BCUT2D eigenvalue weighted by molar-refractivity contribution is -0.156. The Morgan fingerprint density at radius 1 is 0.949 bits per heavy atom. The first-order valence-electron chi connectivity index (χ1n) is 14.3. The van der Waals surface area contributed by atoms with E-state index in [9.17, 15) is 9.59 Å².